The van der Waals surface area contributed by atoms with Crippen molar-refractivity contribution in [2.45, 2.75) is 13.2 Å². The van der Waals surface area contributed by atoms with Gasteiger partial charge in [0.05, 0.1) is 12.2 Å². The van der Waals surface area contributed by atoms with Gasteiger partial charge in [-0.25, -0.2) is 4.39 Å². The van der Waals surface area contributed by atoms with Crippen LogP contribution in [0.5, 0.6) is 5.75 Å². The standard InChI is InChI=1S/C23H22ClFN2O3/c24-18-5-3-4-17(12-18)15-30-23-16-29-19(13-22(23)28)14-26-8-10-27(11-9-26)21-7-2-1-6-20(21)25/h1-7,12-13,16H,8-11,14-15H2. The highest BCUT2D eigenvalue weighted by Crippen LogP contribution is 2.21. The maximum absolute atomic E-state index is 14.0. The Hall–Kier alpha value is -2.83. The van der Waals surface area contributed by atoms with Crippen LogP contribution < -0.4 is 15.1 Å². The minimum Gasteiger partial charge on any atom is -0.482 e. The van der Waals surface area contributed by atoms with Crippen LogP contribution in [0.1, 0.15) is 11.3 Å². The fraction of sp³-hybridized carbons (Fsp3) is 0.261. The molecule has 0 unspecified atom stereocenters. The van der Waals surface area contributed by atoms with Crippen molar-refractivity contribution in [3.63, 3.8) is 0 Å². The summed E-state index contributed by atoms with van der Waals surface area (Å²) >= 11 is 5.96. The number of ether oxygens (including phenoxy) is 1. The van der Waals surface area contributed by atoms with E-state index >= 15 is 0 Å². The molecule has 2 heterocycles. The Balaban J connectivity index is 1.32. The first-order valence-corrected chi connectivity index (χ1v) is 10.2. The predicted octanol–water partition coefficient (Wildman–Crippen LogP) is 4.33. The van der Waals surface area contributed by atoms with Gasteiger partial charge in [0.15, 0.2) is 0 Å². The Morgan fingerprint density at radius 3 is 2.57 bits per heavy atom. The molecule has 3 aromatic rings. The van der Waals surface area contributed by atoms with E-state index < -0.39 is 0 Å². The molecule has 2 aromatic carbocycles. The second kappa shape index (κ2) is 9.32. The van der Waals surface area contributed by atoms with E-state index in [4.69, 9.17) is 20.8 Å². The molecule has 1 aliphatic heterocycles. The van der Waals surface area contributed by atoms with Crippen LogP contribution in [-0.4, -0.2) is 31.1 Å². The summed E-state index contributed by atoms with van der Waals surface area (Å²) in [5.74, 6) is 0.544. The molecule has 0 atom stereocenters. The van der Waals surface area contributed by atoms with Gasteiger partial charge in [-0.05, 0) is 29.8 Å². The number of benzene rings is 2. The fourth-order valence-electron chi connectivity index (χ4n) is 3.49. The first-order valence-electron chi connectivity index (χ1n) is 9.79. The highest BCUT2D eigenvalue weighted by molar-refractivity contribution is 6.30. The van der Waals surface area contributed by atoms with E-state index in [-0.39, 0.29) is 23.6 Å². The topological polar surface area (TPSA) is 45.9 Å². The summed E-state index contributed by atoms with van der Waals surface area (Å²) < 4.78 is 25.2. The van der Waals surface area contributed by atoms with Gasteiger partial charge >= 0.3 is 0 Å². The van der Waals surface area contributed by atoms with Gasteiger partial charge in [0, 0.05) is 37.3 Å². The molecule has 0 amide bonds. The summed E-state index contributed by atoms with van der Waals surface area (Å²) in [4.78, 5) is 16.6. The van der Waals surface area contributed by atoms with Crippen LogP contribution in [0.4, 0.5) is 10.1 Å². The van der Waals surface area contributed by atoms with Crippen molar-refractivity contribution in [3.05, 3.63) is 93.2 Å². The minimum atomic E-state index is -0.219. The molecule has 0 spiro atoms. The van der Waals surface area contributed by atoms with Crippen molar-refractivity contribution in [1.29, 1.82) is 0 Å². The number of rotatable bonds is 6. The molecule has 0 aliphatic carbocycles. The predicted molar refractivity (Wildman–Crippen MR) is 115 cm³/mol. The number of halogens is 2. The van der Waals surface area contributed by atoms with E-state index in [0.717, 1.165) is 18.7 Å². The Labute approximate surface area is 179 Å². The van der Waals surface area contributed by atoms with E-state index in [9.17, 15) is 9.18 Å². The molecule has 30 heavy (non-hydrogen) atoms. The third kappa shape index (κ3) is 5.01. The van der Waals surface area contributed by atoms with Gasteiger partial charge in [-0.3, -0.25) is 9.69 Å². The zero-order valence-corrected chi connectivity index (χ0v) is 17.1. The molecule has 5 nitrogen and oxygen atoms in total. The van der Waals surface area contributed by atoms with E-state index in [1.165, 1.54) is 18.4 Å². The van der Waals surface area contributed by atoms with Crippen LogP contribution in [0.2, 0.25) is 5.02 Å². The van der Waals surface area contributed by atoms with Crippen LogP contribution in [0.25, 0.3) is 0 Å². The molecule has 1 aromatic heterocycles. The zero-order valence-electron chi connectivity index (χ0n) is 16.4. The van der Waals surface area contributed by atoms with Crippen molar-refractivity contribution in [3.8, 4) is 5.75 Å². The number of anilines is 1. The molecule has 1 saturated heterocycles. The van der Waals surface area contributed by atoms with Crippen molar-refractivity contribution in [2.75, 3.05) is 31.1 Å². The molecule has 1 aliphatic rings. The average Bonchev–Trinajstić information content (AvgIpc) is 2.74. The van der Waals surface area contributed by atoms with E-state index in [1.807, 2.05) is 23.1 Å². The van der Waals surface area contributed by atoms with Gasteiger partial charge in [0.25, 0.3) is 0 Å². The van der Waals surface area contributed by atoms with Gasteiger partial charge in [0.2, 0.25) is 11.2 Å². The fourth-order valence-corrected chi connectivity index (χ4v) is 3.70. The molecular formula is C23H22ClFN2O3. The lowest BCUT2D eigenvalue weighted by Crippen LogP contribution is -2.46. The molecule has 0 bridgehead atoms. The Kier molecular flexibility index (Phi) is 6.35. The van der Waals surface area contributed by atoms with Gasteiger partial charge in [-0.15, -0.1) is 0 Å². The third-order valence-corrected chi connectivity index (χ3v) is 5.32. The summed E-state index contributed by atoms with van der Waals surface area (Å²) in [6.45, 7) is 3.70. The normalized spacial score (nSPS) is 14.7. The lowest BCUT2D eigenvalue weighted by atomic mass is 10.2. The van der Waals surface area contributed by atoms with Crippen LogP contribution in [0, 0.1) is 5.82 Å². The smallest absolute Gasteiger partial charge is 0.227 e. The lowest BCUT2D eigenvalue weighted by Gasteiger charge is -2.35. The first-order chi connectivity index (χ1) is 14.6. The third-order valence-electron chi connectivity index (χ3n) is 5.08. The van der Waals surface area contributed by atoms with Gasteiger partial charge in [-0.2, -0.15) is 0 Å². The lowest BCUT2D eigenvalue weighted by molar-refractivity contribution is 0.224. The Morgan fingerprint density at radius 2 is 1.83 bits per heavy atom. The largest absolute Gasteiger partial charge is 0.482 e. The first kappa shape index (κ1) is 20.4. The van der Waals surface area contributed by atoms with Crippen LogP contribution >= 0.6 is 11.6 Å². The molecular weight excluding hydrogens is 407 g/mol. The number of para-hydroxylation sites is 1. The molecule has 4 rings (SSSR count). The zero-order chi connectivity index (χ0) is 20.9. The van der Waals surface area contributed by atoms with Crippen LogP contribution in [0.15, 0.2) is 70.1 Å². The van der Waals surface area contributed by atoms with E-state index in [2.05, 4.69) is 4.90 Å². The number of nitrogens with zero attached hydrogens (tertiary/aromatic N) is 2. The maximum atomic E-state index is 14.0. The SMILES string of the molecule is O=c1cc(CN2CCN(c3ccccc3F)CC2)occ1OCc1cccc(Cl)c1. The van der Waals surface area contributed by atoms with E-state index in [1.54, 1.807) is 24.3 Å². The molecule has 7 heteroatoms. The van der Waals surface area contributed by atoms with Crippen molar-refractivity contribution in [2.24, 2.45) is 0 Å². The second-order valence-corrected chi connectivity index (χ2v) is 7.64. The van der Waals surface area contributed by atoms with Crippen molar-refractivity contribution < 1.29 is 13.5 Å². The summed E-state index contributed by atoms with van der Waals surface area (Å²) in [7, 11) is 0. The molecule has 1 fully saturated rings. The minimum absolute atomic E-state index is 0.170. The quantitative estimate of drug-likeness (QED) is 0.584. The van der Waals surface area contributed by atoms with Gasteiger partial charge in [-0.1, -0.05) is 35.9 Å². The number of piperazine rings is 1. The molecule has 0 saturated carbocycles. The summed E-state index contributed by atoms with van der Waals surface area (Å²) in [6.07, 6.45) is 1.36. The molecule has 0 radical (unpaired) electrons. The molecule has 156 valence electrons. The monoisotopic (exact) mass is 428 g/mol. The summed E-state index contributed by atoms with van der Waals surface area (Å²) in [6, 6.07) is 15.6. The highest BCUT2D eigenvalue weighted by Gasteiger charge is 2.20. The summed E-state index contributed by atoms with van der Waals surface area (Å²) in [5, 5.41) is 0.619. The second-order valence-electron chi connectivity index (χ2n) is 7.21. The average molecular weight is 429 g/mol. The van der Waals surface area contributed by atoms with Crippen LogP contribution in [-0.2, 0) is 13.2 Å². The highest BCUT2D eigenvalue weighted by atomic mass is 35.5. The molecule has 0 N–H and O–H groups in total. The van der Waals surface area contributed by atoms with Crippen LogP contribution in [0.3, 0.4) is 0 Å². The summed E-state index contributed by atoms with van der Waals surface area (Å²) in [5.41, 5.74) is 1.28. The van der Waals surface area contributed by atoms with Crippen molar-refractivity contribution >= 4 is 17.3 Å². The maximum Gasteiger partial charge on any atom is 0.227 e. The van der Waals surface area contributed by atoms with Gasteiger partial charge in [0.1, 0.15) is 24.4 Å². The Morgan fingerprint density at radius 1 is 1.03 bits per heavy atom. The van der Waals surface area contributed by atoms with Gasteiger partial charge < -0.3 is 14.1 Å². The number of hydrogen-bond donors (Lipinski definition) is 0. The number of hydrogen-bond acceptors (Lipinski definition) is 5. The Bertz CT molecular complexity index is 1060. The van der Waals surface area contributed by atoms with E-state index in [0.29, 0.717) is 36.1 Å². The van der Waals surface area contributed by atoms with Crippen molar-refractivity contribution in [1.82, 2.24) is 4.90 Å².